The predicted octanol–water partition coefficient (Wildman–Crippen LogP) is 2.20. The first kappa shape index (κ1) is 16.0. The van der Waals surface area contributed by atoms with Gasteiger partial charge in [-0.15, -0.1) is 0 Å². The Bertz CT molecular complexity index is 589. The fourth-order valence-electron chi connectivity index (χ4n) is 2.38. The lowest BCUT2D eigenvalue weighted by atomic mass is 10.0. The van der Waals surface area contributed by atoms with Crippen molar-refractivity contribution in [1.82, 2.24) is 0 Å². The minimum absolute atomic E-state index is 0. The number of aromatic nitrogens is 1. The second kappa shape index (κ2) is 6.56. The van der Waals surface area contributed by atoms with Crippen LogP contribution in [-0.4, -0.2) is 0 Å². The quantitative estimate of drug-likeness (QED) is 0.542. The van der Waals surface area contributed by atoms with Gasteiger partial charge in [-0.25, -0.2) is 0 Å². The molecule has 0 radical (unpaired) electrons. The van der Waals surface area contributed by atoms with E-state index in [1.54, 1.807) is 4.88 Å². The molecule has 0 amide bonds. The van der Waals surface area contributed by atoms with Crippen LogP contribution in [0.3, 0.4) is 0 Å². The van der Waals surface area contributed by atoms with Gasteiger partial charge in [-0.2, -0.15) is 4.57 Å². The molecule has 1 aliphatic rings. The maximum atomic E-state index is 3.67. The van der Waals surface area contributed by atoms with Crippen LogP contribution < -0.4 is 17.0 Å². The van der Waals surface area contributed by atoms with E-state index < -0.39 is 0 Å². The fraction of sp³-hybridized carbons (Fsp3) is 0.308. The predicted molar refractivity (Wildman–Crippen MR) is 85.6 cm³/mol. The average molecular weight is 488 g/mol. The molecule has 19 heavy (non-hydrogen) atoms. The van der Waals surface area contributed by atoms with E-state index in [2.05, 4.69) is 70.0 Å². The third kappa shape index (κ3) is 3.10. The molecule has 0 aliphatic heterocycles. The molecule has 0 saturated heterocycles. The number of benzene rings is 1. The zero-order valence-corrected chi connectivity index (χ0v) is 16.3. The normalized spacial score (nSPS) is 13.8. The van der Waals surface area contributed by atoms with Gasteiger partial charge in [0.25, 0.3) is 0 Å². The van der Waals surface area contributed by atoms with Crippen LogP contribution in [-0.2, 0) is 12.8 Å². The summed E-state index contributed by atoms with van der Waals surface area (Å²) in [6.45, 7) is 0. The van der Waals surface area contributed by atoms with Gasteiger partial charge in [0.05, 0.1) is 13.8 Å². The lowest BCUT2D eigenvalue weighted by Crippen LogP contribution is -3.00. The summed E-state index contributed by atoms with van der Waals surface area (Å²) in [7, 11) is 0. The number of hydrogen-bond donors (Lipinski definition) is 0. The van der Waals surface area contributed by atoms with E-state index in [4.69, 9.17) is 0 Å². The maximum absolute atomic E-state index is 3.67. The van der Waals surface area contributed by atoms with Crippen molar-refractivity contribution in [3.05, 3.63) is 41.6 Å². The number of aryl methyl sites for hydroxylation is 1. The molecule has 3 rings (SSSR count). The molecule has 2 aromatic rings. The molecule has 0 atom stereocenters. The molecule has 102 valence electrons. The molecule has 0 fully saturated rings. The average Bonchev–Trinajstić information content (AvgIpc) is 2.72. The number of rotatable bonds is 1. The Morgan fingerprint density at radius 3 is 2.32 bits per heavy atom. The van der Waals surface area contributed by atoms with E-state index in [0.29, 0.717) is 0 Å². The highest BCUT2D eigenvalue weighted by molar-refractivity contribution is 9.11. The molecule has 1 aromatic heterocycles. The molecule has 1 nitrogen and oxygen atoms in total. The van der Waals surface area contributed by atoms with Crippen LogP contribution in [0.2, 0.25) is 0 Å². The van der Waals surface area contributed by atoms with Gasteiger partial charge in [0.2, 0.25) is 16.9 Å². The summed E-state index contributed by atoms with van der Waals surface area (Å²) < 4.78 is 5.63. The Morgan fingerprint density at radius 2 is 1.63 bits per heavy atom. The van der Waals surface area contributed by atoms with Crippen LogP contribution in [0.25, 0.3) is 5.69 Å². The Hall–Kier alpha value is 0.580. The van der Waals surface area contributed by atoms with Crippen molar-refractivity contribution in [2.24, 2.45) is 0 Å². The first-order valence-electron chi connectivity index (χ1n) is 5.82. The van der Waals surface area contributed by atoms with E-state index in [1.807, 2.05) is 11.3 Å². The van der Waals surface area contributed by atoms with Gasteiger partial charge in [0, 0.05) is 10.9 Å². The fourth-order valence-corrected chi connectivity index (χ4v) is 6.08. The number of nitrogens with zero attached hydrogens (tertiary/aromatic N) is 1. The summed E-state index contributed by atoms with van der Waals surface area (Å²) in [5.74, 6) is 0. The second-order valence-electron chi connectivity index (χ2n) is 4.39. The highest BCUT2D eigenvalue weighted by Gasteiger charge is 2.27. The number of halogens is 4. The molecule has 1 heterocycles. The Morgan fingerprint density at radius 1 is 1.00 bits per heavy atom. The van der Waals surface area contributed by atoms with Gasteiger partial charge < -0.3 is 12.4 Å². The van der Waals surface area contributed by atoms with Crippen LogP contribution in [0.5, 0.6) is 0 Å². The third-order valence-corrected chi connectivity index (χ3v) is 5.91. The van der Waals surface area contributed by atoms with Crippen LogP contribution in [0.15, 0.2) is 31.1 Å². The minimum atomic E-state index is 0. The Labute approximate surface area is 148 Å². The summed E-state index contributed by atoms with van der Waals surface area (Å²) >= 11 is 12.7. The summed E-state index contributed by atoms with van der Waals surface area (Å²) in [5, 5.41) is 0. The van der Waals surface area contributed by atoms with Crippen LogP contribution in [0, 0.1) is 0 Å². The van der Waals surface area contributed by atoms with Crippen LogP contribution in [0.4, 0.5) is 0 Å². The molecule has 0 spiro atoms. The Kier molecular flexibility index (Phi) is 5.51. The second-order valence-corrected chi connectivity index (χ2v) is 7.95. The van der Waals surface area contributed by atoms with Crippen molar-refractivity contribution in [3.8, 4) is 5.69 Å². The number of thiazole rings is 1. The topological polar surface area (TPSA) is 3.88 Å². The van der Waals surface area contributed by atoms with Gasteiger partial charge >= 0.3 is 0 Å². The zero-order chi connectivity index (χ0) is 12.7. The first-order valence-corrected chi connectivity index (χ1v) is 9.08. The highest BCUT2D eigenvalue weighted by atomic mass is 79.9. The highest BCUT2D eigenvalue weighted by Crippen LogP contribution is 2.32. The molecule has 6 heteroatoms. The smallest absolute Gasteiger partial charge is 0.240 e. The van der Waals surface area contributed by atoms with E-state index in [9.17, 15) is 0 Å². The zero-order valence-electron chi connectivity index (χ0n) is 9.93. The summed E-state index contributed by atoms with van der Waals surface area (Å²) in [5.41, 5.74) is 4.92. The molecule has 0 unspecified atom stereocenters. The lowest BCUT2D eigenvalue weighted by molar-refractivity contribution is -0.600. The van der Waals surface area contributed by atoms with E-state index in [-0.39, 0.29) is 12.4 Å². The van der Waals surface area contributed by atoms with Crippen LogP contribution >= 0.6 is 59.1 Å². The maximum Gasteiger partial charge on any atom is 0.240 e. The molecule has 0 bridgehead atoms. The third-order valence-electron chi connectivity index (χ3n) is 3.20. The van der Waals surface area contributed by atoms with Crippen molar-refractivity contribution in [2.45, 2.75) is 25.7 Å². The van der Waals surface area contributed by atoms with Gasteiger partial charge in [0.15, 0.2) is 0 Å². The molecule has 1 aromatic carbocycles. The van der Waals surface area contributed by atoms with Crippen molar-refractivity contribution in [2.75, 3.05) is 0 Å². The van der Waals surface area contributed by atoms with Gasteiger partial charge in [-0.1, -0.05) is 27.3 Å². The summed E-state index contributed by atoms with van der Waals surface area (Å²) in [6, 6.07) is 4.19. The van der Waals surface area contributed by atoms with E-state index >= 15 is 0 Å². The molecule has 0 saturated carbocycles. The molecule has 0 N–H and O–H groups in total. The Balaban J connectivity index is 0.00000133. The van der Waals surface area contributed by atoms with Crippen LogP contribution in [0.1, 0.15) is 23.4 Å². The van der Waals surface area contributed by atoms with Crippen molar-refractivity contribution < 1.29 is 17.0 Å². The van der Waals surface area contributed by atoms with Gasteiger partial charge in [-0.3, -0.25) is 0 Å². The summed E-state index contributed by atoms with van der Waals surface area (Å²) in [4.78, 5) is 1.54. The van der Waals surface area contributed by atoms with E-state index in [1.165, 1.54) is 37.1 Å². The number of fused-ring (bicyclic) bond motifs is 1. The largest absolute Gasteiger partial charge is 1.00 e. The molecular weight excluding hydrogens is 477 g/mol. The van der Waals surface area contributed by atoms with Crippen molar-refractivity contribution in [3.63, 3.8) is 0 Å². The SMILES string of the molecule is Brc1cc(Br)c(-[n+]2csc3c2CCCC3)c(Br)c1.[Cl-]. The molecule has 1 aliphatic carbocycles. The first-order chi connectivity index (χ1) is 8.66. The standard InChI is InChI=1S/C13H11Br3NS.ClH/c14-8-5-9(15)13(10(16)6-8)17-7-18-12-4-2-1-3-11(12)17;/h5-7H,1-4H2;1H/q+1;/p-1. The van der Waals surface area contributed by atoms with Crippen molar-refractivity contribution >= 4 is 59.1 Å². The molecular formula is C13H11Br3ClNS. The van der Waals surface area contributed by atoms with Gasteiger partial charge in [0.1, 0.15) is 0 Å². The lowest BCUT2D eigenvalue weighted by Gasteiger charge is -2.08. The minimum Gasteiger partial charge on any atom is -1.00 e. The van der Waals surface area contributed by atoms with Crippen molar-refractivity contribution in [1.29, 1.82) is 0 Å². The summed E-state index contributed by atoms with van der Waals surface area (Å²) in [6.07, 6.45) is 5.05. The number of hydrogen-bond acceptors (Lipinski definition) is 1. The van der Waals surface area contributed by atoms with E-state index in [0.717, 1.165) is 13.4 Å². The monoisotopic (exact) mass is 485 g/mol. The van der Waals surface area contributed by atoms with Gasteiger partial charge in [-0.05, 0) is 63.3 Å².